The molecule has 0 heterocycles. The van der Waals surface area contributed by atoms with Crippen molar-refractivity contribution in [3.8, 4) is 5.75 Å². The van der Waals surface area contributed by atoms with Gasteiger partial charge in [0.25, 0.3) is 0 Å². The molecule has 0 aliphatic carbocycles. The van der Waals surface area contributed by atoms with Gasteiger partial charge in [0, 0.05) is 11.8 Å². The summed E-state index contributed by atoms with van der Waals surface area (Å²) in [4.78, 5) is 19.8. The molecule has 5 heteroatoms. The summed E-state index contributed by atoms with van der Waals surface area (Å²) in [5, 5.41) is 0. The van der Waals surface area contributed by atoms with Gasteiger partial charge < -0.3 is 14.3 Å². The van der Waals surface area contributed by atoms with E-state index in [1.165, 1.54) is 126 Å². The molecule has 35 heavy (non-hydrogen) atoms. The van der Waals surface area contributed by atoms with Crippen molar-refractivity contribution in [1.82, 2.24) is 0 Å². The summed E-state index contributed by atoms with van der Waals surface area (Å²) in [6, 6.07) is 4.13. The van der Waals surface area contributed by atoms with Crippen LogP contribution in [0.1, 0.15) is 153 Å². The van der Waals surface area contributed by atoms with Crippen LogP contribution in [0.4, 0.5) is 0 Å². The van der Waals surface area contributed by atoms with Gasteiger partial charge >= 0.3 is 6.72 Å². The van der Waals surface area contributed by atoms with Gasteiger partial charge in [-0.3, -0.25) is 0 Å². The van der Waals surface area contributed by atoms with Gasteiger partial charge in [-0.15, -0.1) is 0 Å². The molecular formula is C30H55O3PS. The van der Waals surface area contributed by atoms with E-state index in [0.29, 0.717) is 5.75 Å². The third-order valence-corrected chi connectivity index (χ3v) is 7.72. The zero-order chi connectivity index (χ0) is 25.8. The van der Waals surface area contributed by atoms with E-state index >= 15 is 0 Å². The molecular weight excluding hydrogens is 471 g/mol. The molecule has 0 aliphatic heterocycles. The van der Waals surface area contributed by atoms with Crippen molar-refractivity contribution in [2.45, 2.75) is 156 Å². The van der Waals surface area contributed by atoms with E-state index in [-0.39, 0.29) is 0 Å². The maximum absolute atomic E-state index is 9.92. The van der Waals surface area contributed by atoms with Crippen molar-refractivity contribution in [2.75, 3.05) is 0 Å². The Balaban J connectivity index is 2.98. The quantitative estimate of drug-likeness (QED) is 0.110. The third-order valence-electron chi connectivity index (χ3n) is 7.06. The van der Waals surface area contributed by atoms with E-state index in [1.807, 2.05) is 6.07 Å². The minimum atomic E-state index is -3.75. The van der Waals surface area contributed by atoms with Crippen molar-refractivity contribution in [3.05, 3.63) is 28.8 Å². The summed E-state index contributed by atoms with van der Waals surface area (Å²) >= 11 is 4.85. The van der Waals surface area contributed by atoms with Gasteiger partial charge in [0.1, 0.15) is 5.75 Å². The molecule has 0 amide bonds. The Bertz CT molecular complexity index is 701. The molecule has 0 aromatic heterocycles. The van der Waals surface area contributed by atoms with Crippen molar-refractivity contribution in [3.63, 3.8) is 0 Å². The number of benzene rings is 1. The van der Waals surface area contributed by atoms with E-state index in [2.05, 4.69) is 26.8 Å². The van der Waals surface area contributed by atoms with Crippen LogP contribution >= 0.6 is 6.72 Å². The highest BCUT2D eigenvalue weighted by atomic mass is 32.5. The standard InChI is InChI=1S/C30H55O3PS/c1-4-7-10-13-16-19-22-27-25-26-30(33-34(31,32)35)29(24-21-18-15-12-9-6-3)28(27)23-20-17-14-11-8-5-2/h25-26H,4-24H2,1-3H3,(H2,31,32,35). The highest BCUT2D eigenvalue weighted by Crippen LogP contribution is 2.42. The fourth-order valence-electron chi connectivity index (χ4n) is 5.01. The maximum Gasteiger partial charge on any atom is 0.375 e. The summed E-state index contributed by atoms with van der Waals surface area (Å²) in [6.07, 6.45) is 26.0. The maximum atomic E-state index is 9.92. The molecule has 2 N–H and O–H groups in total. The minimum absolute atomic E-state index is 0.611. The molecule has 0 radical (unpaired) electrons. The predicted molar refractivity (Wildman–Crippen MR) is 157 cm³/mol. The molecule has 3 nitrogen and oxygen atoms in total. The van der Waals surface area contributed by atoms with E-state index in [1.54, 1.807) is 0 Å². The lowest BCUT2D eigenvalue weighted by Gasteiger charge is -2.21. The topological polar surface area (TPSA) is 49.7 Å². The first-order valence-electron chi connectivity index (χ1n) is 14.8. The molecule has 0 aliphatic rings. The van der Waals surface area contributed by atoms with Crippen LogP contribution in [-0.4, -0.2) is 9.79 Å². The summed E-state index contributed by atoms with van der Waals surface area (Å²) in [5.41, 5.74) is 4.03. The van der Waals surface area contributed by atoms with Crippen LogP contribution in [0.15, 0.2) is 12.1 Å². The Labute approximate surface area is 222 Å². The lowest BCUT2D eigenvalue weighted by molar-refractivity contribution is 0.368. The second kappa shape index (κ2) is 20.6. The zero-order valence-electron chi connectivity index (χ0n) is 23.2. The number of rotatable bonds is 23. The summed E-state index contributed by atoms with van der Waals surface area (Å²) < 4.78 is 5.59. The molecule has 0 atom stereocenters. The second-order valence-electron chi connectivity index (χ2n) is 10.3. The molecule has 204 valence electrons. The monoisotopic (exact) mass is 526 g/mol. The first-order valence-corrected chi connectivity index (χ1v) is 17.4. The van der Waals surface area contributed by atoms with E-state index in [0.717, 1.165) is 25.7 Å². The van der Waals surface area contributed by atoms with Crippen LogP contribution in [-0.2, 0) is 31.1 Å². The van der Waals surface area contributed by atoms with Crippen LogP contribution in [0, 0.1) is 0 Å². The van der Waals surface area contributed by atoms with Crippen molar-refractivity contribution >= 4 is 18.5 Å². The van der Waals surface area contributed by atoms with Gasteiger partial charge in [-0.1, -0.05) is 123 Å². The fraction of sp³-hybridized carbons (Fsp3) is 0.800. The van der Waals surface area contributed by atoms with Gasteiger partial charge in [0.2, 0.25) is 0 Å². The zero-order valence-corrected chi connectivity index (χ0v) is 24.9. The molecule has 1 aromatic rings. The molecule has 0 bridgehead atoms. The van der Waals surface area contributed by atoms with E-state index < -0.39 is 6.72 Å². The van der Waals surface area contributed by atoms with Crippen LogP contribution in [0.2, 0.25) is 0 Å². The molecule has 1 rings (SSSR count). The SMILES string of the molecule is CCCCCCCCc1ccc(OP(O)(O)=S)c(CCCCCCCC)c1CCCCCCCC. The van der Waals surface area contributed by atoms with Crippen LogP contribution in [0.25, 0.3) is 0 Å². The highest BCUT2D eigenvalue weighted by Gasteiger charge is 2.19. The molecule has 0 spiro atoms. The fourth-order valence-corrected chi connectivity index (χ4v) is 5.68. The molecule has 0 saturated carbocycles. The van der Waals surface area contributed by atoms with Gasteiger partial charge in [-0.25, -0.2) is 0 Å². The van der Waals surface area contributed by atoms with Gasteiger partial charge in [0.15, 0.2) is 0 Å². The summed E-state index contributed by atoms with van der Waals surface area (Å²) in [6.45, 7) is 3.03. The van der Waals surface area contributed by atoms with E-state index in [9.17, 15) is 9.79 Å². The summed E-state index contributed by atoms with van der Waals surface area (Å²) in [7, 11) is 0. The summed E-state index contributed by atoms with van der Waals surface area (Å²) in [5.74, 6) is 0.611. The first kappa shape index (κ1) is 32.6. The van der Waals surface area contributed by atoms with Gasteiger partial charge in [-0.05, 0) is 61.3 Å². The number of aryl methyl sites for hydroxylation is 1. The lowest BCUT2D eigenvalue weighted by Crippen LogP contribution is -2.05. The van der Waals surface area contributed by atoms with Gasteiger partial charge in [0.05, 0.1) is 0 Å². The lowest BCUT2D eigenvalue weighted by atomic mass is 9.89. The Kier molecular flexibility index (Phi) is 19.2. The Hall–Kier alpha value is -0.410. The molecule has 0 fully saturated rings. The average Bonchev–Trinajstić information content (AvgIpc) is 2.81. The Morgan fingerprint density at radius 3 is 1.43 bits per heavy atom. The predicted octanol–water partition coefficient (Wildman–Crippen LogP) is 9.98. The number of hydrogen-bond donors (Lipinski definition) is 2. The normalized spacial score (nSPS) is 11.8. The minimum Gasteiger partial charge on any atom is -0.424 e. The first-order chi connectivity index (χ1) is 16.9. The van der Waals surface area contributed by atoms with Crippen molar-refractivity contribution in [2.24, 2.45) is 0 Å². The van der Waals surface area contributed by atoms with Crippen molar-refractivity contribution in [1.29, 1.82) is 0 Å². The third kappa shape index (κ3) is 16.1. The van der Waals surface area contributed by atoms with Crippen LogP contribution in [0.5, 0.6) is 5.75 Å². The number of unbranched alkanes of at least 4 members (excludes halogenated alkanes) is 15. The molecule has 0 saturated heterocycles. The molecule has 0 unspecified atom stereocenters. The van der Waals surface area contributed by atoms with Gasteiger partial charge in [-0.2, -0.15) is 0 Å². The smallest absolute Gasteiger partial charge is 0.375 e. The second-order valence-corrected chi connectivity index (χ2v) is 12.9. The Morgan fingerprint density at radius 2 is 0.971 bits per heavy atom. The van der Waals surface area contributed by atoms with Crippen LogP contribution in [0.3, 0.4) is 0 Å². The van der Waals surface area contributed by atoms with E-state index in [4.69, 9.17) is 16.3 Å². The Morgan fingerprint density at radius 1 is 0.571 bits per heavy atom. The van der Waals surface area contributed by atoms with Crippen LogP contribution < -0.4 is 4.52 Å². The highest BCUT2D eigenvalue weighted by molar-refractivity contribution is 8.06. The average molecular weight is 527 g/mol. The molecule has 1 aromatic carbocycles. The number of hydrogen-bond acceptors (Lipinski definition) is 2. The van der Waals surface area contributed by atoms with Crippen molar-refractivity contribution < 1.29 is 14.3 Å². The largest absolute Gasteiger partial charge is 0.424 e.